The predicted octanol–water partition coefficient (Wildman–Crippen LogP) is 4.39. The zero-order valence-electron chi connectivity index (χ0n) is 23.9. The molecule has 1 atom stereocenters. The lowest BCUT2D eigenvalue weighted by molar-refractivity contribution is -0.146. The van der Waals surface area contributed by atoms with Gasteiger partial charge in [-0.15, -0.1) is 0 Å². The van der Waals surface area contributed by atoms with Gasteiger partial charge < -0.3 is 18.9 Å². The van der Waals surface area contributed by atoms with E-state index in [4.69, 9.17) is 9.26 Å². The number of rotatable bonds is 6. The Balaban J connectivity index is 0.000000623. The molecule has 214 valence electrons. The number of ether oxygens (including phenoxy) is 2. The molecular formula is C31H35N5O5. The largest absolute Gasteiger partial charge is 0.490 e. The molecule has 3 heterocycles. The molecule has 3 aliphatic rings. The lowest BCUT2D eigenvalue weighted by Gasteiger charge is -2.45. The van der Waals surface area contributed by atoms with Gasteiger partial charge in [0.15, 0.2) is 0 Å². The van der Waals surface area contributed by atoms with E-state index in [0.717, 1.165) is 51.0 Å². The fraction of sp³-hybridized carbons (Fsp3) is 0.452. The van der Waals surface area contributed by atoms with Gasteiger partial charge in [0.05, 0.1) is 24.7 Å². The summed E-state index contributed by atoms with van der Waals surface area (Å²) in [5, 5.41) is 13.8. The standard InChI is InChI=1S/C28H29N5O3.C3H6O2/c1-17(2)35-25-10-7-18(13-19(25)14-29)27-30-26(31-36-27)23-6-3-5-22-21(23)8-9-24(22)33-15-20(16-33)28(34)32-11-4-12-32;1-3(4)5-2/h3,5-7,10,13,17,20,24H,4,8-9,11-12,15-16H2,1-2H3;1-2H3. The van der Waals surface area contributed by atoms with E-state index in [0.29, 0.717) is 40.5 Å². The maximum absolute atomic E-state index is 12.5. The van der Waals surface area contributed by atoms with Crippen molar-refractivity contribution in [3.05, 3.63) is 53.1 Å². The second kappa shape index (κ2) is 12.1. The molecule has 2 aromatic carbocycles. The van der Waals surface area contributed by atoms with Gasteiger partial charge in [-0.1, -0.05) is 23.4 Å². The summed E-state index contributed by atoms with van der Waals surface area (Å²) < 4.78 is 15.4. The fourth-order valence-electron chi connectivity index (χ4n) is 5.50. The van der Waals surface area contributed by atoms with Crippen LogP contribution in [0.1, 0.15) is 56.3 Å². The summed E-state index contributed by atoms with van der Waals surface area (Å²) >= 11 is 0. The predicted molar refractivity (Wildman–Crippen MR) is 151 cm³/mol. The Kier molecular flexibility index (Phi) is 8.36. The maximum Gasteiger partial charge on any atom is 0.302 e. The number of fused-ring (bicyclic) bond motifs is 1. The van der Waals surface area contributed by atoms with Crippen LogP contribution in [0.25, 0.3) is 22.8 Å². The summed E-state index contributed by atoms with van der Waals surface area (Å²) in [6.07, 6.45) is 3.09. The van der Waals surface area contributed by atoms with Crippen molar-refractivity contribution < 1.29 is 23.6 Å². The van der Waals surface area contributed by atoms with Crippen molar-refractivity contribution in [1.82, 2.24) is 19.9 Å². The Morgan fingerprint density at radius 2 is 1.93 bits per heavy atom. The van der Waals surface area contributed by atoms with Crippen LogP contribution < -0.4 is 4.74 Å². The van der Waals surface area contributed by atoms with E-state index in [2.05, 4.69) is 38.0 Å². The van der Waals surface area contributed by atoms with Crippen molar-refractivity contribution in [1.29, 1.82) is 5.26 Å². The number of nitriles is 1. The van der Waals surface area contributed by atoms with E-state index < -0.39 is 0 Å². The van der Waals surface area contributed by atoms with Crippen LogP contribution in [-0.4, -0.2) is 71.2 Å². The summed E-state index contributed by atoms with van der Waals surface area (Å²) in [5.41, 5.74) is 4.66. The summed E-state index contributed by atoms with van der Waals surface area (Å²) in [4.78, 5) is 31.2. The van der Waals surface area contributed by atoms with Gasteiger partial charge in [0.1, 0.15) is 11.8 Å². The maximum atomic E-state index is 12.5. The average Bonchev–Trinajstić information content (AvgIpc) is 3.55. The van der Waals surface area contributed by atoms with Crippen molar-refractivity contribution in [3.63, 3.8) is 0 Å². The molecule has 2 aliphatic heterocycles. The number of aromatic nitrogens is 2. The minimum Gasteiger partial charge on any atom is -0.490 e. The first-order valence-electron chi connectivity index (χ1n) is 14.0. The minimum absolute atomic E-state index is 0.0230. The Labute approximate surface area is 239 Å². The third-order valence-corrected chi connectivity index (χ3v) is 7.77. The summed E-state index contributed by atoms with van der Waals surface area (Å²) in [5.74, 6) is 1.70. The van der Waals surface area contributed by atoms with E-state index in [1.54, 1.807) is 12.1 Å². The van der Waals surface area contributed by atoms with Crippen LogP contribution in [-0.2, 0) is 20.7 Å². The molecule has 0 saturated carbocycles. The number of amides is 1. The third-order valence-electron chi connectivity index (χ3n) is 7.77. The molecule has 1 amide bonds. The Morgan fingerprint density at radius 3 is 2.56 bits per heavy atom. The summed E-state index contributed by atoms with van der Waals surface area (Å²) in [7, 11) is 1.35. The summed E-state index contributed by atoms with van der Waals surface area (Å²) in [6, 6.07) is 14.1. The van der Waals surface area contributed by atoms with Crippen molar-refractivity contribution in [3.8, 4) is 34.7 Å². The van der Waals surface area contributed by atoms with Gasteiger partial charge in [-0.25, -0.2) is 0 Å². The second-order valence-electron chi connectivity index (χ2n) is 10.9. The van der Waals surface area contributed by atoms with Crippen molar-refractivity contribution in [2.24, 2.45) is 5.92 Å². The number of methoxy groups -OCH3 is 1. The first-order chi connectivity index (χ1) is 19.8. The molecule has 41 heavy (non-hydrogen) atoms. The van der Waals surface area contributed by atoms with Gasteiger partial charge in [0, 0.05) is 50.3 Å². The van der Waals surface area contributed by atoms with E-state index in [1.165, 1.54) is 25.2 Å². The highest BCUT2D eigenvalue weighted by atomic mass is 16.5. The highest BCUT2D eigenvalue weighted by molar-refractivity contribution is 5.81. The first-order valence-corrected chi connectivity index (χ1v) is 14.0. The van der Waals surface area contributed by atoms with Crippen LogP contribution >= 0.6 is 0 Å². The molecule has 0 N–H and O–H groups in total. The zero-order valence-corrected chi connectivity index (χ0v) is 23.9. The number of nitrogens with zero attached hydrogens (tertiary/aromatic N) is 5. The SMILES string of the molecule is CC(C)Oc1ccc(-c2nc(-c3cccc4c3CCC4N3CC(C(=O)N4CCC4)C3)no2)cc1C#N.COC(C)=O. The quantitative estimate of drug-likeness (QED) is 0.406. The smallest absolute Gasteiger partial charge is 0.302 e. The monoisotopic (exact) mass is 557 g/mol. The zero-order chi connectivity index (χ0) is 29.1. The molecule has 1 aromatic heterocycles. The molecule has 1 aliphatic carbocycles. The number of likely N-dealkylation sites (tertiary alicyclic amines) is 2. The van der Waals surface area contributed by atoms with Gasteiger partial charge in [0.2, 0.25) is 11.7 Å². The molecule has 2 fully saturated rings. The number of esters is 1. The Hall–Kier alpha value is -4.23. The lowest BCUT2D eigenvalue weighted by Crippen LogP contribution is -2.57. The number of hydrogen-bond acceptors (Lipinski definition) is 9. The Bertz CT molecular complexity index is 1470. The van der Waals surface area contributed by atoms with Crippen LogP contribution in [0.3, 0.4) is 0 Å². The van der Waals surface area contributed by atoms with E-state index in [-0.39, 0.29) is 18.0 Å². The normalized spacial score (nSPS) is 18.0. The molecule has 1 unspecified atom stereocenters. The highest BCUT2D eigenvalue weighted by Crippen LogP contribution is 2.43. The summed E-state index contributed by atoms with van der Waals surface area (Å²) in [6.45, 7) is 8.74. The number of carbonyl (C=O) groups excluding carboxylic acids is 2. The lowest BCUT2D eigenvalue weighted by atomic mass is 9.92. The molecule has 0 radical (unpaired) electrons. The molecule has 10 heteroatoms. The third kappa shape index (κ3) is 5.95. The second-order valence-corrected chi connectivity index (χ2v) is 10.9. The topological polar surface area (TPSA) is 122 Å². The van der Waals surface area contributed by atoms with Crippen LogP contribution in [0, 0.1) is 17.2 Å². The first kappa shape index (κ1) is 28.3. The van der Waals surface area contributed by atoms with Crippen LogP contribution in [0.2, 0.25) is 0 Å². The Morgan fingerprint density at radius 1 is 1.17 bits per heavy atom. The molecule has 3 aromatic rings. The number of carbonyl (C=O) groups is 2. The number of benzene rings is 2. The highest BCUT2D eigenvalue weighted by Gasteiger charge is 2.42. The van der Waals surface area contributed by atoms with Crippen molar-refractivity contribution in [2.45, 2.75) is 52.2 Å². The van der Waals surface area contributed by atoms with Crippen LogP contribution in [0.5, 0.6) is 5.75 Å². The molecular weight excluding hydrogens is 522 g/mol. The van der Waals surface area contributed by atoms with Crippen LogP contribution in [0.4, 0.5) is 0 Å². The van der Waals surface area contributed by atoms with E-state index >= 15 is 0 Å². The van der Waals surface area contributed by atoms with Crippen molar-refractivity contribution in [2.75, 3.05) is 33.3 Å². The molecule has 0 bridgehead atoms. The van der Waals surface area contributed by atoms with Crippen LogP contribution in [0.15, 0.2) is 40.9 Å². The molecule has 2 saturated heterocycles. The molecule has 6 rings (SSSR count). The van der Waals surface area contributed by atoms with E-state index in [9.17, 15) is 14.9 Å². The van der Waals surface area contributed by atoms with E-state index in [1.807, 2.05) is 30.9 Å². The molecule has 10 nitrogen and oxygen atoms in total. The van der Waals surface area contributed by atoms with Gasteiger partial charge >= 0.3 is 5.97 Å². The van der Waals surface area contributed by atoms with Gasteiger partial charge in [-0.2, -0.15) is 10.2 Å². The molecule has 0 spiro atoms. The van der Waals surface area contributed by atoms with Crippen molar-refractivity contribution >= 4 is 11.9 Å². The average molecular weight is 558 g/mol. The minimum atomic E-state index is -0.245. The van der Waals surface area contributed by atoms with Gasteiger partial charge in [-0.05, 0) is 62.4 Å². The van der Waals surface area contributed by atoms with Gasteiger partial charge in [-0.3, -0.25) is 14.5 Å². The van der Waals surface area contributed by atoms with Gasteiger partial charge in [0.25, 0.3) is 5.89 Å². The number of hydrogen-bond donors (Lipinski definition) is 0. The fourth-order valence-corrected chi connectivity index (χ4v) is 5.50.